The van der Waals surface area contributed by atoms with Crippen LogP contribution in [0.5, 0.6) is 0 Å². The Labute approximate surface area is 157 Å². The Morgan fingerprint density at radius 1 is 1.12 bits per heavy atom. The Balaban J connectivity index is 1.45. The van der Waals surface area contributed by atoms with Gasteiger partial charge < -0.3 is 10.2 Å². The summed E-state index contributed by atoms with van der Waals surface area (Å²) in [5.41, 5.74) is 3.51. The third kappa shape index (κ3) is 3.30. The van der Waals surface area contributed by atoms with Crippen LogP contribution >= 0.6 is 0 Å². The maximum Gasteiger partial charge on any atom is 0.223 e. The van der Waals surface area contributed by atoms with Crippen LogP contribution < -0.4 is 5.32 Å². The van der Waals surface area contributed by atoms with Crippen molar-refractivity contribution in [2.24, 2.45) is 24.8 Å². The van der Waals surface area contributed by atoms with Crippen molar-refractivity contribution in [1.29, 1.82) is 0 Å². The lowest BCUT2D eigenvalue weighted by molar-refractivity contribution is -0.127. The van der Waals surface area contributed by atoms with Gasteiger partial charge in [-0.2, -0.15) is 5.10 Å². The van der Waals surface area contributed by atoms with E-state index in [4.69, 9.17) is 0 Å². The molecule has 1 aromatic heterocycles. The second-order valence-electron chi connectivity index (χ2n) is 8.99. The van der Waals surface area contributed by atoms with Crippen LogP contribution in [-0.4, -0.2) is 40.2 Å². The van der Waals surface area contributed by atoms with E-state index in [1.54, 1.807) is 0 Å². The second-order valence-corrected chi connectivity index (χ2v) is 8.99. The number of nitrogens with one attached hydrogen (secondary N) is 1. The van der Waals surface area contributed by atoms with Gasteiger partial charge in [0, 0.05) is 50.3 Å². The SMILES string of the molecule is Cc1nn(C)c(C)c1[C@H]1[C@H](CN[C@H]2CCC[C@H](C3CC3)C2)CC(=O)N1C. The van der Waals surface area contributed by atoms with Crippen LogP contribution in [0.25, 0.3) is 0 Å². The molecule has 3 aliphatic rings. The van der Waals surface area contributed by atoms with Gasteiger partial charge >= 0.3 is 0 Å². The molecule has 2 aliphatic carbocycles. The highest BCUT2D eigenvalue weighted by molar-refractivity contribution is 5.79. The van der Waals surface area contributed by atoms with Crippen LogP contribution in [0.15, 0.2) is 0 Å². The normalized spacial score (nSPS) is 32.5. The summed E-state index contributed by atoms with van der Waals surface area (Å²) in [4.78, 5) is 14.4. The van der Waals surface area contributed by atoms with E-state index in [1.807, 2.05) is 23.7 Å². The summed E-state index contributed by atoms with van der Waals surface area (Å²) in [6.45, 7) is 5.14. The van der Waals surface area contributed by atoms with Crippen LogP contribution in [0.2, 0.25) is 0 Å². The van der Waals surface area contributed by atoms with Gasteiger partial charge in [-0.1, -0.05) is 12.8 Å². The van der Waals surface area contributed by atoms with Gasteiger partial charge in [-0.3, -0.25) is 9.48 Å². The summed E-state index contributed by atoms with van der Waals surface area (Å²) in [5.74, 6) is 2.58. The largest absolute Gasteiger partial charge is 0.338 e. The molecule has 1 amide bonds. The highest BCUT2D eigenvalue weighted by Gasteiger charge is 2.41. The van der Waals surface area contributed by atoms with Crippen LogP contribution in [0.3, 0.4) is 0 Å². The number of hydrogen-bond donors (Lipinski definition) is 1. The molecule has 26 heavy (non-hydrogen) atoms. The summed E-state index contributed by atoms with van der Waals surface area (Å²) in [5, 5.41) is 8.45. The molecule has 3 fully saturated rings. The van der Waals surface area contributed by atoms with Gasteiger partial charge in [0.2, 0.25) is 5.91 Å². The maximum atomic E-state index is 12.5. The number of rotatable bonds is 5. The minimum atomic E-state index is 0.159. The van der Waals surface area contributed by atoms with Crippen LogP contribution in [-0.2, 0) is 11.8 Å². The van der Waals surface area contributed by atoms with Crippen molar-refractivity contribution in [3.05, 3.63) is 17.0 Å². The zero-order chi connectivity index (χ0) is 18.4. The number of amides is 1. The number of carbonyl (C=O) groups excluding carboxylic acids is 1. The predicted octanol–water partition coefficient (Wildman–Crippen LogP) is 3.11. The Hall–Kier alpha value is -1.36. The highest BCUT2D eigenvalue weighted by atomic mass is 16.2. The number of hydrogen-bond acceptors (Lipinski definition) is 3. The third-order valence-electron chi connectivity index (χ3n) is 7.23. The lowest BCUT2D eigenvalue weighted by atomic mass is 9.82. The Bertz CT molecular complexity index is 678. The molecule has 0 bridgehead atoms. The van der Waals surface area contributed by atoms with Crippen LogP contribution in [0.4, 0.5) is 0 Å². The van der Waals surface area contributed by atoms with Gasteiger partial charge in [-0.25, -0.2) is 0 Å². The van der Waals surface area contributed by atoms with Gasteiger partial charge in [-0.05, 0) is 51.4 Å². The molecule has 2 heterocycles. The predicted molar refractivity (Wildman–Crippen MR) is 103 cm³/mol. The second kappa shape index (κ2) is 6.99. The monoisotopic (exact) mass is 358 g/mol. The Morgan fingerprint density at radius 3 is 2.54 bits per heavy atom. The van der Waals surface area contributed by atoms with E-state index in [2.05, 4.69) is 24.3 Å². The molecular weight excluding hydrogens is 324 g/mol. The lowest BCUT2D eigenvalue weighted by Gasteiger charge is -2.32. The van der Waals surface area contributed by atoms with Crippen LogP contribution in [0, 0.1) is 31.6 Å². The number of aromatic nitrogens is 2. The molecule has 4 atom stereocenters. The van der Waals surface area contributed by atoms with E-state index in [9.17, 15) is 4.79 Å². The van der Waals surface area contributed by atoms with Gasteiger partial charge in [0.15, 0.2) is 0 Å². The maximum absolute atomic E-state index is 12.5. The fourth-order valence-electron chi connectivity index (χ4n) is 5.51. The van der Waals surface area contributed by atoms with Crippen molar-refractivity contribution >= 4 is 5.91 Å². The summed E-state index contributed by atoms with van der Waals surface area (Å²) >= 11 is 0. The first-order valence-electron chi connectivity index (χ1n) is 10.4. The zero-order valence-corrected chi connectivity index (χ0v) is 16.8. The molecule has 0 unspecified atom stereocenters. The quantitative estimate of drug-likeness (QED) is 0.880. The van der Waals surface area contributed by atoms with E-state index in [0.717, 1.165) is 24.1 Å². The first kappa shape index (κ1) is 18.0. The van der Waals surface area contributed by atoms with E-state index >= 15 is 0 Å². The standard InChI is InChI=1S/C21H34N4O/c1-13-20(14(2)25(4)23-13)21-17(11-19(26)24(21)3)12-22-18-7-5-6-16(10-18)15-8-9-15/h15-18,21-22H,5-12H2,1-4H3/t16-,17-,18-,21+/m0/s1. The molecule has 0 aromatic carbocycles. The molecule has 5 nitrogen and oxygen atoms in total. The molecule has 4 rings (SSSR count). The van der Waals surface area contributed by atoms with E-state index < -0.39 is 0 Å². The van der Waals surface area contributed by atoms with Gasteiger partial charge in [0.1, 0.15) is 0 Å². The number of nitrogens with zero attached hydrogens (tertiary/aromatic N) is 3. The van der Waals surface area contributed by atoms with Crippen molar-refractivity contribution < 1.29 is 4.79 Å². The van der Waals surface area contributed by atoms with Gasteiger partial charge in [0.05, 0.1) is 11.7 Å². The van der Waals surface area contributed by atoms with E-state index in [-0.39, 0.29) is 11.9 Å². The summed E-state index contributed by atoms with van der Waals surface area (Å²) < 4.78 is 1.95. The summed E-state index contributed by atoms with van der Waals surface area (Å²) in [6.07, 6.45) is 9.02. The minimum Gasteiger partial charge on any atom is -0.338 e. The van der Waals surface area contributed by atoms with Crippen molar-refractivity contribution in [1.82, 2.24) is 20.0 Å². The summed E-state index contributed by atoms with van der Waals surface area (Å²) in [6, 6.07) is 0.804. The molecule has 0 radical (unpaired) electrons. The minimum absolute atomic E-state index is 0.159. The first-order valence-corrected chi connectivity index (χ1v) is 10.4. The third-order valence-corrected chi connectivity index (χ3v) is 7.23. The van der Waals surface area contributed by atoms with Crippen molar-refractivity contribution in [3.63, 3.8) is 0 Å². The average molecular weight is 359 g/mol. The molecule has 1 aromatic rings. The molecule has 2 saturated carbocycles. The molecule has 144 valence electrons. The molecule has 5 heteroatoms. The van der Waals surface area contributed by atoms with Gasteiger partial charge in [-0.15, -0.1) is 0 Å². The smallest absolute Gasteiger partial charge is 0.223 e. The number of carbonyl (C=O) groups is 1. The topological polar surface area (TPSA) is 50.2 Å². The molecule has 1 N–H and O–H groups in total. The fraction of sp³-hybridized carbons (Fsp3) is 0.810. The Kier molecular flexibility index (Phi) is 4.84. The molecular formula is C21H34N4O. The Morgan fingerprint density at radius 2 is 1.88 bits per heavy atom. The van der Waals surface area contributed by atoms with E-state index in [0.29, 0.717) is 18.4 Å². The highest BCUT2D eigenvalue weighted by Crippen LogP contribution is 2.44. The lowest BCUT2D eigenvalue weighted by Crippen LogP contribution is -2.39. The summed E-state index contributed by atoms with van der Waals surface area (Å²) in [7, 11) is 3.96. The van der Waals surface area contributed by atoms with Crippen molar-refractivity contribution in [3.8, 4) is 0 Å². The first-order chi connectivity index (χ1) is 12.5. The van der Waals surface area contributed by atoms with Crippen LogP contribution in [0.1, 0.15) is 67.9 Å². The number of likely N-dealkylation sites (tertiary alicyclic amines) is 1. The molecule has 0 spiro atoms. The molecule has 1 aliphatic heterocycles. The average Bonchev–Trinajstić information content (AvgIpc) is 3.39. The fourth-order valence-corrected chi connectivity index (χ4v) is 5.51. The molecule has 1 saturated heterocycles. The number of aryl methyl sites for hydroxylation is 2. The van der Waals surface area contributed by atoms with Crippen molar-refractivity contribution in [2.45, 2.75) is 70.9 Å². The zero-order valence-electron chi connectivity index (χ0n) is 16.8. The van der Waals surface area contributed by atoms with Crippen molar-refractivity contribution in [2.75, 3.05) is 13.6 Å². The van der Waals surface area contributed by atoms with Gasteiger partial charge in [0.25, 0.3) is 0 Å². The van der Waals surface area contributed by atoms with E-state index in [1.165, 1.54) is 49.8 Å².